The Balaban J connectivity index is 1.05. The molecule has 12 nitrogen and oxygen atoms in total. The second-order valence-corrected chi connectivity index (χ2v) is 14.6. The fourth-order valence-electron chi connectivity index (χ4n) is 7.48. The molecule has 1 aromatic carbocycles. The van der Waals surface area contributed by atoms with Crippen LogP contribution in [-0.4, -0.2) is 83.7 Å². The topological polar surface area (TPSA) is 129 Å². The molecule has 3 heterocycles. The Kier molecular flexibility index (Phi) is 9.22. The highest BCUT2D eigenvalue weighted by Gasteiger charge is 2.42. The fraction of sp³-hybridized carbons (Fsp3) is 0.629. The SMILES string of the molecule is CC[C@@H]1C(=O)N(C)c2cnc(Nc3ccc(C(=O)NC4CC(CC5CN(C(=O)OC(C)(C)C)C5)C4)cc3OC)nc2N1C1CCCC1. The van der Waals surface area contributed by atoms with E-state index in [9.17, 15) is 14.4 Å². The monoisotopic (exact) mass is 647 g/mol. The van der Waals surface area contributed by atoms with Crippen LogP contribution in [0.2, 0.25) is 0 Å². The molecule has 0 unspecified atom stereocenters. The molecule has 2 aromatic rings. The zero-order valence-electron chi connectivity index (χ0n) is 28.5. The van der Waals surface area contributed by atoms with Gasteiger partial charge in [-0.1, -0.05) is 19.8 Å². The van der Waals surface area contributed by atoms with E-state index in [4.69, 9.17) is 14.5 Å². The molecular weight excluding hydrogens is 598 g/mol. The number of nitrogens with zero attached hydrogens (tertiary/aromatic N) is 5. The number of carbonyl (C=O) groups excluding carboxylic acids is 3. The minimum atomic E-state index is -0.477. The molecule has 2 saturated carbocycles. The Morgan fingerprint density at radius 3 is 2.47 bits per heavy atom. The summed E-state index contributed by atoms with van der Waals surface area (Å²) in [7, 11) is 3.36. The lowest BCUT2D eigenvalue weighted by atomic mass is 9.73. The van der Waals surface area contributed by atoms with Crippen LogP contribution < -0.4 is 25.2 Å². The molecular formula is C35H49N7O5. The third-order valence-electron chi connectivity index (χ3n) is 9.97. The zero-order chi connectivity index (χ0) is 33.5. The normalized spacial score (nSPS) is 23.1. The quantitative estimate of drug-likeness (QED) is 0.363. The zero-order valence-corrected chi connectivity index (χ0v) is 28.5. The summed E-state index contributed by atoms with van der Waals surface area (Å²) in [5.74, 6) is 2.68. The van der Waals surface area contributed by atoms with Crippen molar-refractivity contribution in [1.29, 1.82) is 0 Å². The van der Waals surface area contributed by atoms with E-state index in [2.05, 4.69) is 20.5 Å². The van der Waals surface area contributed by atoms with Crippen molar-refractivity contribution < 1.29 is 23.9 Å². The van der Waals surface area contributed by atoms with Crippen LogP contribution >= 0.6 is 0 Å². The molecule has 2 aliphatic carbocycles. The van der Waals surface area contributed by atoms with Gasteiger partial charge in [0.15, 0.2) is 5.82 Å². The highest BCUT2D eigenvalue weighted by molar-refractivity contribution is 6.04. The van der Waals surface area contributed by atoms with Crippen molar-refractivity contribution >= 4 is 41.0 Å². The minimum absolute atomic E-state index is 0.0779. The third kappa shape index (κ3) is 6.96. The minimum Gasteiger partial charge on any atom is -0.495 e. The summed E-state index contributed by atoms with van der Waals surface area (Å²) in [5, 5.41) is 6.45. The maximum atomic E-state index is 13.2. The van der Waals surface area contributed by atoms with Crippen molar-refractivity contribution in [3.05, 3.63) is 30.0 Å². The summed E-state index contributed by atoms with van der Waals surface area (Å²) < 4.78 is 11.1. The maximum absolute atomic E-state index is 13.2. The molecule has 1 aromatic heterocycles. The molecule has 1 atom stereocenters. The first-order chi connectivity index (χ1) is 22.4. The van der Waals surface area contributed by atoms with Gasteiger partial charge in [-0.3, -0.25) is 9.59 Å². The van der Waals surface area contributed by atoms with Gasteiger partial charge in [-0.05, 0) is 89.3 Å². The number of amides is 3. The first-order valence-electron chi connectivity index (χ1n) is 17.1. The number of likely N-dealkylation sites (N-methyl/N-ethyl adjacent to an activating group) is 1. The van der Waals surface area contributed by atoms with Crippen LogP contribution in [0.4, 0.5) is 27.9 Å². The molecule has 0 bridgehead atoms. The summed E-state index contributed by atoms with van der Waals surface area (Å²) >= 11 is 0. The van der Waals surface area contributed by atoms with Crippen molar-refractivity contribution in [2.24, 2.45) is 11.8 Å². The lowest BCUT2D eigenvalue weighted by Gasteiger charge is -2.44. The number of benzene rings is 1. The van der Waals surface area contributed by atoms with Crippen LogP contribution in [0.5, 0.6) is 5.75 Å². The molecule has 12 heteroatoms. The van der Waals surface area contributed by atoms with E-state index >= 15 is 0 Å². The maximum Gasteiger partial charge on any atom is 0.410 e. The second-order valence-electron chi connectivity index (χ2n) is 14.6. The number of likely N-dealkylation sites (tertiary alicyclic amines) is 1. The average molecular weight is 648 g/mol. The summed E-state index contributed by atoms with van der Waals surface area (Å²) in [5.41, 5.74) is 1.40. The first-order valence-corrected chi connectivity index (χ1v) is 17.1. The van der Waals surface area contributed by atoms with Gasteiger partial charge in [-0.2, -0.15) is 4.98 Å². The van der Waals surface area contributed by atoms with E-state index < -0.39 is 5.60 Å². The summed E-state index contributed by atoms with van der Waals surface area (Å²) in [6, 6.07) is 5.50. The van der Waals surface area contributed by atoms with Gasteiger partial charge in [-0.15, -0.1) is 0 Å². The predicted octanol–water partition coefficient (Wildman–Crippen LogP) is 5.50. The molecule has 4 aliphatic rings. The molecule has 1 saturated heterocycles. The van der Waals surface area contributed by atoms with Gasteiger partial charge >= 0.3 is 6.09 Å². The number of aromatic nitrogens is 2. The van der Waals surface area contributed by atoms with Gasteiger partial charge in [0.05, 0.1) is 19.0 Å². The van der Waals surface area contributed by atoms with Gasteiger partial charge in [0.25, 0.3) is 5.91 Å². The molecule has 0 radical (unpaired) electrons. The molecule has 2 aliphatic heterocycles. The van der Waals surface area contributed by atoms with E-state index in [0.717, 1.165) is 63.9 Å². The number of hydrogen-bond acceptors (Lipinski definition) is 9. The van der Waals surface area contributed by atoms with Crippen LogP contribution in [0.15, 0.2) is 24.4 Å². The van der Waals surface area contributed by atoms with E-state index in [1.807, 2.05) is 33.8 Å². The number of nitrogens with one attached hydrogen (secondary N) is 2. The highest BCUT2D eigenvalue weighted by atomic mass is 16.6. The predicted molar refractivity (Wildman–Crippen MR) is 180 cm³/mol. The Morgan fingerprint density at radius 1 is 1.09 bits per heavy atom. The van der Waals surface area contributed by atoms with Gasteiger partial charge in [0.2, 0.25) is 11.9 Å². The molecule has 6 rings (SSSR count). The lowest BCUT2D eigenvalue weighted by molar-refractivity contribution is -0.120. The largest absolute Gasteiger partial charge is 0.495 e. The van der Waals surface area contributed by atoms with E-state index in [1.54, 1.807) is 42.3 Å². The third-order valence-corrected chi connectivity index (χ3v) is 9.97. The number of ether oxygens (including phenoxy) is 2. The van der Waals surface area contributed by atoms with Crippen LogP contribution in [-0.2, 0) is 9.53 Å². The molecule has 3 amide bonds. The van der Waals surface area contributed by atoms with Crippen molar-refractivity contribution in [3.63, 3.8) is 0 Å². The number of anilines is 4. The standard InChI is InChI=1S/C35H49N7O5/c1-7-27-32(44)40(5)28-18-36-33(39-30(28)42(27)25-10-8-9-11-25)38-26-13-12-23(17-29(26)46-6)31(43)37-24-15-21(16-24)14-22-19-41(20-22)34(45)47-35(2,3)4/h12-13,17-18,21-22,24-25,27H,7-11,14-16,19-20H2,1-6H3,(H,37,43)(H,36,38,39)/t21?,24?,27-/m1/s1. The summed E-state index contributed by atoms with van der Waals surface area (Å²) in [6.45, 7) is 9.18. The number of fused-ring (bicyclic) bond motifs is 1. The van der Waals surface area contributed by atoms with Crippen LogP contribution in [0.25, 0.3) is 0 Å². The summed E-state index contributed by atoms with van der Waals surface area (Å²) in [4.78, 5) is 53.7. The number of hydrogen-bond donors (Lipinski definition) is 2. The van der Waals surface area contributed by atoms with Crippen LogP contribution in [0.3, 0.4) is 0 Å². The molecule has 2 N–H and O–H groups in total. The van der Waals surface area contributed by atoms with Crippen molar-refractivity contribution in [3.8, 4) is 5.75 Å². The highest BCUT2D eigenvalue weighted by Crippen LogP contribution is 2.41. The van der Waals surface area contributed by atoms with Crippen molar-refractivity contribution in [2.75, 3.05) is 42.4 Å². The van der Waals surface area contributed by atoms with Crippen LogP contribution in [0, 0.1) is 11.8 Å². The van der Waals surface area contributed by atoms with Gasteiger partial charge in [0, 0.05) is 37.8 Å². The average Bonchev–Trinajstić information content (AvgIpc) is 3.52. The molecule has 3 fully saturated rings. The van der Waals surface area contributed by atoms with E-state index in [0.29, 0.717) is 46.9 Å². The first kappa shape index (κ1) is 32.8. The fourth-order valence-corrected chi connectivity index (χ4v) is 7.48. The summed E-state index contributed by atoms with van der Waals surface area (Å²) in [6.07, 6.45) is 9.54. The molecule has 47 heavy (non-hydrogen) atoms. The number of carbonyl (C=O) groups is 3. The Bertz CT molecular complexity index is 1490. The Hall–Kier alpha value is -4.09. The Labute approximate surface area is 277 Å². The second kappa shape index (κ2) is 13.2. The smallest absolute Gasteiger partial charge is 0.410 e. The van der Waals surface area contributed by atoms with Crippen LogP contribution in [0.1, 0.15) is 89.4 Å². The van der Waals surface area contributed by atoms with Gasteiger partial charge in [0.1, 0.15) is 23.1 Å². The molecule has 254 valence electrons. The van der Waals surface area contributed by atoms with Gasteiger partial charge in [-0.25, -0.2) is 9.78 Å². The molecule has 0 spiro atoms. The van der Waals surface area contributed by atoms with Crippen molar-refractivity contribution in [2.45, 2.75) is 103 Å². The van der Waals surface area contributed by atoms with Crippen molar-refractivity contribution in [1.82, 2.24) is 20.2 Å². The van der Waals surface area contributed by atoms with Gasteiger partial charge < -0.3 is 34.8 Å². The number of methoxy groups -OCH3 is 1. The van der Waals surface area contributed by atoms with E-state index in [1.165, 1.54) is 0 Å². The van der Waals surface area contributed by atoms with E-state index in [-0.39, 0.29) is 36.0 Å². The Morgan fingerprint density at radius 2 is 1.81 bits per heavy atom. The number of rotatable bonds is 9. The lowest BCUT2D eigenvalue weighted by Crippen LogP contribution is -2.55.